The van der Waals surface area contributed by atoms with Crippen molar-refractivity contribution in [2.45, 2.75) is 0 Å². The third-order valence-corrected chi connectivity index (χ3v) is 5.52. The van der Waals surface area contributed by atoms with Crippen LogP contribution < -0.4 is 15.0 Å². The van der Waals surface area contributed by atoms with Crippen molar-refractivity contribution < 1.29 is 13.5 Å². The van der Waals surface area contributed by atoms with E-state index in [-0.39, 0.29) is 5.69 Å². The molecule has 5 rings (SSSR count). The van der Waals surface area contributed by atoms with Gasteiger partial charge >= 0.3 is 0 Å². The molecule has 1 N–H and O–H groups in total. The van der Waals surface area contributed by atoms with Gasteiger partial charge in [-0.3, -0.25) is 0 Å². The minimum atomic E-state index is -0.694. The van der Waals surface area contributed by atoms with Gasteiger partial charge in [0, 0.05) is 43.6 Å². The molecule has 8 heteroatoms. The lowest BCUT2D eigenvalue weighted by Crippen LogP contribution is -2.43. The van der Waals surface area contributed by atoms with Crippen LogP contribution in [-0.2, 0) is 0 Å². The molecule has 4 aromatic rings. The van der Waals surface area contributed by atoms with E-state index in [0.717, 1.165) is 37.4 Å². The topological polar surface area (TPSA) is 55.2 Å². The Kier molecular flexibility index (Phi) is 4.99. The molecule has 158 valence electrons. The number of halogens is 2. The number of hydrogen-bond donors (Lipinski definition) is 1. The van der Waals surface area contributed by atoms with E-state index in [1.165, 1.54) is 36.2 Å². The van der Waals surface area contributed by atoms with Crippen LogP contribution in [0.4, 0.5) is 14.5 Å². The molecule has 2 aromatic heterocycles. The maximum Gasteiger partial charge on any atom is 0.224 e. The molecule has 0 bridgehead atoms. The van der Waals surface area contributed by atoms with E-state index < -0.39 is 11.6 Å². The first-order chi connectivity index (χ1) is 15.2. The largest absolute Gasteiger partial charge is 0.480 e. The third-order valence-electron chi connectivity index (χ3n) is 5.52. The number of methoxy groups -OCH3 is 1. The smallest absolute Gasteiger partial charge is 0.224 e. The van der Waals surface area contributed by atoms with Crippen LogP contribution in [-0.4, -0.2) is 48.1 Å². The summed E-state index contributed by atoms with van der Waals surface area (Å²) in [6, 6.07) is 13.4. The van der Waals surface area contributed by atoms with Crippen LogP contribution in [0, 0.1) is 11.6 Å². The lowest BCUT2D eigenvalue weighted by molar-refractivity contribution is 0.403. The highest BCUT2D eigenvalue weighted by molar-refractivity contribution is 5.98. The van der Waals surface area contributed by atoms with E-state index >= 15 is 0 Å². The van der Waals surface area contributed by atoms with Crippen LogP contribution in [0.3, 0.4) is 0 Å². The van der Waals surface area contributed by atoms with Crippen LogP contribution in [0.5, 0.6) is 5.88 Å². The number of pyridine rings is 1. The van der Waals surface area contributed by atoms with Crippen molar-refractivity contribution in [3.05, 3.63) is 66.4 Å². The molecular formula is C23H21F2N5O. The number of para-hydroxylation sites is 1. The summed E-state index contributed by atoms with van der Waals surface area (Å²) in [5.41, 5.74) is 2.76. The number of aromatic nitrogens is 3. The van der Waals surface area contributed by atoms with Crippen molar-refractivity contribution in [2.24, 2.45) is 0 Å². The molecule has 31 heavy (non-hydrogen) atoms. The second-order valence-electron chi connectivity index (χ2n) is 7.33. The summed E-state index contributed by atoms with van der Waals surface area (Å²) in [7, 11) is 1.51. The Morgan fingerprint density at radius 1 is 0.968 bits per heavy atom. The summed E-state index contributed by atoms with van der Waals surface area (Å²) < 4.78 is 35.8. The highest BCUT2D eigenvalue weighted by Crippen LogP contribution is 2.36. The summed E-state index contributed by atoms with van der Waals surface area (Å²) in [5, 5.41) is 8.54. The number of nitrogens with one attached hydrogen (secondary N) is 1. The van der Waals surface area contributed by atoms with Gasteiger partial charge in [0.2, 0.25) is 5.88 Å². The SMILES string of the molecule is COc1nccc2c1c(-c1ccc(N3CCNCC3)cc1)nn2-c1c(F)cccc1F. The summed E-state index contributed by atoms with van der Waals surface area (Å²) >= 11 is 0. The first kappa shape index (κ1) is 19.4. The van der Waals surface area contributed by atoms with Gasteiger partial charge in [-0.15, -0.1) is 0 Å². The lowest BCUT2D eigenvalue weighted by Gasteiger charge is -2.29. The zero-order valence-electron chi connectivity index (χ0n) is 17.0. The number of rotatable bonds is 4. The highest BCUT2D eigenvalue weighted by Gasteiger charge is 2.22. The zero-order chi connectivity index (χ0) is 21.4. The number of ether oxygens (including phenoxy) is 1. The predicted octanol–water partition coefficient (Wildman–Crippen LogP) is 3.78. The van der Waals surface area contributed by atoms with Crippen LogP contribution >= 0.6 is 0 Å². The van der Waals surface area contributed by atoms with Crippen LogP contribution in [0.15, 0.2) is 54.7 Å². The van der Waals surface area contributed by atoms with Gasteiger partial charge in [0.25, 0.3) is 0 Å². The Labute approximate surface area is 178 Å². The van der Waals surface area contributed by atoms with Crippen LogP contribution in [0.25, 0.3) is 27.8 Å². The molecule has 2 aromatic carbocycles. The monoisotopic (exact) mass is 421 g/mol. The van der Waals surface area contributed by atoms with E-state index in [4.69, 9.17) is 4.74 Å². The fraction of sp³-hybridized carbons (Fsp3) is 0.217. The Bertz CT molecular complexity index is 1210. The van der Waals surface area contributed by atoms with E-state index in [2.05, 4.69) is 20.3 Å². The summed E-state index contributed by atoms with van der Waals surface area (Å²) in [4.78, 5) is 6.59. The summed E-state index contributed by atoms with van der Waals surface area (Å²) in [5.74, 6) is -1.04. The highest BCUT2D eigenvalue weighted by atomic mass is 19.1. The van der Waals surface area contributed by atoms with Crippen molar-refractivity contribution in [2.75, 3.05) is 38.2 Å². The van der Waals surface area contributed by atoms with Crippen LogP contribution in [0.1, 0.15) is 0 Å². The van der Waals surface area contributed by atoms with Gasteiger partial charge in [0.05, 0.1) is 18.0 Å². The van der Waals surface area contributed by atoms with Gasteiger partial charge in [-0.1, -0.05) is 18.2 Å². The number of anilines is 1. The molecule has 0 saturated carbocycles. The number of benzene rings is 2. The number of fused-ring (bicyclic) bond motifs is 1. The molecule has 1 aliphatic heterocycles. The number of nitrogens with zero attached hydrogens (tertiary/aromatic N) is 4. The maximum absolute atomic E-state index is 14.6. The normalized spacial score (nSPS) is 14.2. The molecule has 0 atom stereocenters. The lowest BCUT2D eigenvalue weighted by atomic mass is 10.1. The molecule has 3 heterocycles. The molecule has 1 saturated heterocycles. The maximum atomic E-state index is 14.6. The van der Waals surface area contributed by atoms with Gasteiger partial charge < -0.3 is 15.0 Å². The van der Waals surface area contributed by atoms with E-state index in [1.54, 1.807) is 6.07 Å². The van der Waals surface area contributed by atoms with Crippen molar-refractivity contribution in [1.29, 1.82) is 0 Å². The fourth-order valence-electron chi connectivity index (χ4n) is 4.01. The quantitative estimate of drug-likeness (QED) is 0.544. The molecule has 6 nitrogen and oxygen atoms in total. The van der Waals surface area contributed by atoms with Gasteiger partial charge in [-0.2, -0.15) is 5.10 Å². The predicted molar refractivity (Wildman–Crippen MR) is 116 cm³/mol. The molecule has 0 spiro atoms. The van der Waals surface area contributed by atoms with Crippen molar-refractivity contribution in [3.8, 4) is 22.8 Å². The molecular weight excluding hydrogens is 400 g/mol. The average molecular weight is 421 g/mol. The Morgan fingerprint density at radius 2 is 1.68 bits per heavy atom. The molecule has 0 aliphatic carbocycles. The first-order valence-electron chi connectivity index (χ1n) is 10.1. The van der Waals surface area contributed by atoms with E-state index in [9.17, 15) is 8.78 Å². The summed E-state index contributed by atoms with van der Waals surface area (Å²) in [6.07, 6.45) is 1.54. The van der Waals surface area contributed by atoms with Crippen molar-refractivity contribution >= 4 is 16.6 Å². The third kappa shape index (κ3) is 3.38. The van der Waals surface area contributed by atoms with Crippen molar-refractivity contribution in [3.63, 3.8) is 0 Å². The number of piperazine rings is 1. The van der Waals surface area contributed by atoms with Crippen LogP contribution in [0.2, 0.25) is 0 Å². The minimum Gasteiger partial charge on any atom is -0.480 e. The first-order valence-corrected chi connectivity index (χ1v) is 10.1. The minimum absolute atomic E-state index is 0.232. The average Bonchev–Trinajstić information content (AvgIpc) is 3.19. The molecule has 1 fully saturated rings. The molecule has 0 radical (unpaired) electrons. The fourth-order valence-corrected chi connectivity index (χ4v) is 4.01. The van der Waals surface area contributed by atoms with E-state index in [0.29, 0.717) is 22.5 Å². The Balaban J connectivity index is 1.67. The Hall–Kier alpha value is -3.52. The zero-order valence-corrected chi connectivity index (χ0v) is 17.0. The van der Waals surface area contributed by atoms with Gasteiger partial charge in [-0.05, 0) is 30.3 Å². The van der Waals surface area contributed by atoms with E-state index in [1.807, 2.05) is 24.3 Å². The second-order valence-corrected chi connectivity index (χ2v) is 7.33. The van der Waals surface area contributed by atoms with Gasteiger partial charge in [-0.25, -0.2) is 18.4 Å². The standard InChI is InChI=1S/C23H21F2N5O/c1-31-23-20-19(9-10-27-23)30(22-17(24)3-2-4-18(22)25)28-21(20)15-5-7-16(8-6-15)29-13-11-26-12-14-29/h2-10,26H,11-14H2,1H3. The molecule has 1 aliphatic rings. The number of hydrogen-bond acceptors (Lipinski definition) is 5. The van der Waals surface area contributed by atoms with Gasteiger partial charge in [0.15, 0.2) is 11.6 Å². The second kappa shape index (κ2) is 7.96. The molecule has 0 unspecified atom stereocenters. The molecule has 0 amide bonds. The van der Waals surface area contributed by atoms with Gasteiger partial charge in [0.1, 0.15) is 11.4 Å². The van der Waals surface area contributed by atoms with Crippen molar-refractivity contribution in [1.82, 2.24) is 20.1 Å². The summed E-state index contributed by atoms with van der Waals surface area (Å²) in [6.45, 7) is 3.80. The Morgan fingerprint density at radius 3 is 2.35 bits per heavy atom.